The lowest BCUT2D eigenvalue weighted by Crippen LogP contribution is -2.32. The minimum Gasteiger partial charge on any atom is -0.384 e. The summed E-state index contributed by atoms with van der Waals surface area (Å²) in [5.41, 5.74) is 0.0983. The van der Waals surface area contributed by atoms with E-state index in [4.69, 9.17) is 10.2 Å². The maximum atomic E-state index is 13.5. The fourth-order valence-electron chi connectivity index (χ4n) is 1.32. The van der Waals surface area contributed by atoms with Crippen LogP contribution in [0.2, 0.25) is 0 Å². The molecule has 108 valence electrons. The Morgan fingerprint density at radius 3 is 2.75 bits per heavy atom. The van der Waals surface area contributed by atoms with E-state index < -0.39 is 27.5 Å². The molecule has 0 bridgehead atoms. The van der Waals surface area contributed by atoms with E-state index in [1.165, 1.54) is 12.1 Å². The van der Waals surface area contributed by atoms with Gasteiger partial charge >= 0.3 is 0 Å². The van der Waals surface area contributed by atoms with Crippen molar-refractivity contribution in [2.45, 2.75) is 0 Å². The number of primary sulfonamides is 1. The second kappa shape index (κ2) is 7.00. The van der Waals surface area contributed by atoms with Crippen molar-refractivity contribution in [3.05, 3.63) is 35.1 Å². The predicted molar refractivity (Wildman–Crippen MR) is 70.7 cm³/mol. The Bertz CT molecular complexity index is 662. The summed E-state index contributed by atoms with van der Waals surface area (Å²) >= 11 is 0. The molecule has 0 aromatic heterocycles. The molecule has 0 saturated carbocycles. The van der Waals surface area contributed by atoms with Gasteiger partial charge < -0.3 is 10.4 Å². The summed E-state index contributed by atoms with van der Waals surface area (Å²) in [6, 6.07) is 3.64. The first kappa shape index (κ1) is 16.1. The minimum atomic E-state index is -3.69. The van der Waals surface area contributed by atoms with Gasteiger partial charge in [-0.25, -0.2) is 17.9 Å². The van der Waals surface area contributed by atoms with Crippen LogP contribution in [0.5, 0.6) is 0 Å². The molecule has 0 aliphatic carbocycles. The largest absolute Gasteiger partial charge is 0.384 e. The quantitative estimate of drug-likeness (QED) is 0.632. The fraction of sp³-hybridized carbons (Fsp3) is 0.250. The number of carbonyl (C=O) groups is 1. The molecular formula is C12H13FN2O4S. The van der Waals surface area contributed by atoms with E-state index in [-0.39, 0.29) is 18.7 Å². The monoisotopic (exact) mass is 300 g/mol. The van der Waals surface area contributed by atoms with Gasteiger partial charge in [0.15, 0.2) is 0 Å². The SMILES string of the molecule is NS(=O)(=O)CCNC(=O)c1cc(C#CCO)ccc1F. The molecule has 4 N–H and O–H groups in total. The van der Waals surface area contributed by atoms with Gasteiger partial charge in [-0.15, -0.1) is 0 Å². The number of nitrogens with one attached hydrogen (secondary N) is 1. The van der Waals surface area contributed by atoms with E-state index in [1.54, 1.807) is 0 Å². The smallest absolute Gasteiger partial charge is 0.254 e. The average molecular weight is 300 g/mol. The topological polar surface area (TPSA) is 109 Å². The van der Waals surface area contributed by atoms with Crippen molar-refractivity contribution < 1.29 is 22.7 Å². The number of halogens is 1. The second-order valence-electron chi connectivity index (χ2n) is 3.78. The van der Waals surface area contributed by atoms with Crippen molar-refractivity contribution in [2.75, 3.05) is 18.9 Å². The standard InChI is InChI=1S/C12H13FN2O4S/c13-11-4-3-9(2-1-6-16)8-10(11)12(17)15-5-7-20(14,18)19/h3-4,8,16H,5-7H2,(H,15,17)(H2,14,18,19). The molecule has 1 amide bonds. The Morgan fingerprint density at radius 1 is 1.45 bits per heavy atom. The van der Waals surface area contributed by atoms with E-state index in [1.807, 2.05) is 0 Å². The Hall–Kier alpha value is -1.95. The molecule has 8 heteroatoms. The highest BCUT2D eigenvalue weighted by Gasteiger charge is 2.12. The van der Waals surface area contributed by atoms with Crippen molar-refractivity contribution in [3.63, 3.8) is 0 Å². The molecule has 20 heavy (non-hydrogen) atoms. The van der Waals surface area contributed by atoms with Crippen LogP contribution in [0.4, 0.5) is 4.39 Å². The number of hydrogen-bond acceptors (Lipinski definition) is 4. The van der Waals surface area contributed by atoms with Gasteiger partial charge in [-0.1, -0.05) is 11.8 Å². The zero-order chi connectivity index (χ0) is 15.2. The number of sulfonamides is 1. The normalized spacial score (nSPS) is 10.6. The Labute approximate surface area is 115 Å². The lowest BCUT2D eigenvalue weighted by molar-refractivity contribution is 0.0952. The van der Waals surface area contributed by atoms with Crippen molar-refractivity contribution in [1.29, 1.82) is 0 Å². The van der Waals surface area contributed by atoms with Gasteiger partial charge in [-0.3, -0.25) is 4.79 Å². The molecule has 1 aromatic carbocycles. The molecular weight excluding hydrogens is 287 g/mol. The molecule has 0 aliphatic rings. The Morgan fingerprint density at radius 2 is 2.15 bits per heavy atom. The first-order chi connectivity index (χ1) is 9.33. The molecule has 0 unspecified atom stereocenters. The molecule has 6 nitrogen and oxygen atoms in total. The summed E-state index contributed by atoms with van der Waals surface area (Å²) in [4.78, 5) is 11.7. The average Bonchev–Trinajstić information content (AvgIpc) is 2.36. The van der Waals surface area contributed by atoms with Gasteiger partial charge in [0.1, 0.15) is 12.4 Å². The molecule has 0 saturated heterocycles. The van der Waals surface area contributed by atoms with Gasteiger partial charge in [-0.05, 0) is 18.2 Å². The van der Waals surface area contributed by atoms with Crippen LogP contribution in [-0.2, 0) is 10.0 Å². The first-order valence-corrected chi connectivity index (χ1v) is 7.23. The molecule has 0 fully saturated rings. The number of aliphatic hydroxyl groups excluding tert-OH is 1. The van der Waals surface area contributed by atoms with Crippen LogP contribution < -0.4 is 10.5 Å². The summed E-state index contributed by atoms with van der Waals surface area (Å²) in [5, 5.41) is 15.6. The Kier molecular flexibility index (Phi) is 5.64. The second-order valence-corrected chi connectivity index (χ2v) is 5.51. The number of benzene rings is 1. The third-order valence-corrected chi connectivity index (χ3v) is 2.97. The maximum absolute atomic E-state index is 13.5. The van der Waals surface area contributed by atoms with Crippen LogP contribution in [0.25, 0.3) is 0 Å². The van der Waals surface area contributed by atoms with Gasteiger partial charge in [0.2, 0.25) is 10.0 Å². The van der Waals surface area contributed by atoms with E-state index in [9.17, 15) is 17.6 Å². The zero-order valence-electron chi connectivity index (χ0n) is 10.4. The summed E-state index contributed by atoms with van der Waals surface area (Å²) in [6.07, 6.45) is 0. The number of carbonyl (C=O) groups excluding carboxylic acids is 1. The third kappa shape index (κ3) is 5.36. The lowest BCUT2D eigenvalue weighted by Gasteiger charge is -2.06. The van der Waals surface area contributed by atoms with Crippen LogP contribution in [0.15, 0.2) is 18.2 Å². The molecule has 0 heterocycles. The summed E-state index contributed by atoms with van der Waals surface area (Å²) in [7, 11) is -3.69. The van der Waals surface area contributed by atoms with Crippen molar-refractivity contribution in [1.82, 2.24) is 5.32 Å². The molecule has 0 spiro atoms. The number of nitrogens with two attached hydrogens (primary N) is 1. The van der Waals surface area contributed by atoms with Crippen LogP contribution >= 0.6 is 0 Å². The number of hydrogen-bond donors (Lipinski definition) is 3. The molecule has 0 radical (unpaired) electrons. The maximum Gasteiger partial charge on any atom is 0.254 e. The van der Waals surface area contributed by atoms with Crippen molar-refractivity contribution in [3.8, 4) is 11.8 Å². The van der Waals surface area contributed by atoms with E-state index in [0.29, 0.717) is 5.56 Å². The van der Waals surface area contributed by atoms with Gasteiger partial charge in [-0.2, -0.15) is 0 Å². The van der Waals surface area contributed by atoms with Gasteiger partial charge in [0.25, 0.3) is 5.91 Å². The van der Waals surface area contributed by atoms with Gasteiger partial charge in [0, 0.05) is 12.1 Å². The predicted octanol–water partition coefficient (Wildman–Crippen LogP) is -0.812. The molecule has 1 rings (SSSR count). The van der Waals surface area contributed by atoms with Crippen LogP contribution in [0.1, 0.15) is 15.9 Å². The highest BCUT2D eigenvalue weighted by atomic mass is 32.2. The van der Waals surface area contributed by atoms with E-state index >= 15 is 0 Å². The van der Waals surface area contributed by atoms with Crippen LogP contribution in [0.3, 0.4) is 0 Å². The fourth-order valence-corrected chi connectivity index (χ4v) is 1.71. The van der Waals surface area contributed by atoms with Gasteiger partial charge in [0.05, 0.1) is 11.3 Å². The summed E-state index contributed by atoms with van der Waals surface area (Å²) in [6.45, 7) is -0.573. The van der Waals surface area contributed by atoms with Crippen molar-refractivity contribution >= 4 is 15.9 Å². The highest BCUT2D eigenvalue weighted by Crippen LogP contribution is 2.10. The minimum absolute atomic E-state index is 0.219. The number of amides is 1. The number of aliphatic hydroxyl groups is 1. The highest BCUT2D eigenvalue weighted by molar-refractivity contribution is 7.89. The Balaban J connectivity index is 2.81. The van der Waals surface area contributed by atoms with E-state index in [0.717, 1.165) is 6.07 Å². The van der Waals surface area contributed by atoms with Crippen LogP contribution in [0, 0.1) is 17.7 Å². The molecule has 0 aliphatic heterocycles. The third-order valence-electron chi connectivity index (χ3n) is 2.19. The zero-order valence-corrected chi connectivity index (χ0v) is 11.2. The summed E-state index contributed by atoms with van der Waals surface area (Å²) in [5.74, 6) is 2.94. The first-order valence-electron chi connectivity index (χ1n) is 5.51. The molecule has 0 atom stereocenters. The lowest BCUT2D eigenvalue weighted by atomic mass is 10.1. The number of rotatable bonds is 4. The summed E-state index contributed by atoms with van der Waals surface area (Å²) < 4.78 is 34.9. The van der Waals surface area contributed by atoms with E-state index in [2.05, 4.69) is 17.2 Å². The molecule has 1 aromatic rings. The van der Waals surface area contributed by atoms with Crippen molar-refractivity contribution in [2.24, 2.45) is 5.14 Å². The van der Waals surface area contributed by atoms with Crippen LogP contribution in [-0.4, -0.2) is 38.3 Å².